The third-order valence-electron chi connectivity index (χ3n) is 2.12. The Morgan fingerprint density at radius 2 is 1.06 bits per heavy atom. The Kier molecular flexibility index (Phi) is 1.95. The normalized spacial score (nSPS) is 10.5. The highest BCUT2D eigenvalue weighted by Gasteiger charge is 2.31. The van der Waals surface area contributed by atoms with Gasteiger partial charge in [-0.15, -0.1) is 0 Å². The lowest BCUT2D eigenvalue weighted by Gasteiger charge is -2.02. The van der Waals surface area contributed by atoms with Crippen molar-refractivity contribution in [3.63, 3.8) is 0 Å². The van der Waals surface area contributed by atoms with Crippen LogP contribution >= 0.6 is 0 Å². The summed E-state index contributed by atoms with van der Waals surface area (Å²) in [6.45, 7) is -0.299. The van der Waals surface area contributed by atoms with E-state index in [1.54, 1.807) is 0 Å². The molecular formula is C6H6BN9. The maximum absolute atomic E-state index is 4.09. The molecule has 0 aliphatic carbocycles. The molecule has 10 heteroatoms. The van der Waals surface area contributed by atoms with Gasteiger partial charge in [0.05, 0.1) is 0 Å². The van der Waals surface area contributed by atoms with Crippen LogP contribution in [0.15, 0.2) is 19.0 Å². The van der Waals surface area contributed by atoms with Crippen LogP contribution in [0.3, 0.4) is 0 Å². The Morgan fingerprint density at radius 3 is 1.31 bits per heavy atom. The molecular weight excluding hydrogens is 209 g/mol. The summed E-state index contributed by atoms with van der Waals surface area (Å²) in [5.74, 6) is 0. The van der Waals surface area contributed by atoms with Gasteiger partial charge < -0.3 is 0 Å². The largest absolute Gasteiger partial charge is 0.379 e. The van der Waals surface area contributed by atoms with Gasteiger partial charge in [-0.1, -0.05) is 0 Å². The van der Waals surface area contributed by atoms with Crippen LogP contribution in [-0.2, 0) is 0 Å². The van der Waals surface area contributed by atoms with Gasteiger partial charge in [0.15, 0.2) is 0 Å². The van der Waals surface area contributed by atoms with Crippen molar-refractivity contribution in [2.45, 2.75) is 0 Å². The summed E-state index contributed by atoms with van der Waals surface area (Å²) in [6, 6.07) is 0. The van der Waals surface area contributed by atoms with Crippen LogP contribution in [0.25, 0.3) is 0 Å². The zero-order valence-corrected chi connectivity index (χ0v) is 7.99. The fraction of sp³-hybridized carbons (Fsp3) is 0. The first-order valence-corrected chi connectivity index (χ1v) is 4.51. The van der Waals surface area contributed by atoms with E-state index in [0.29, 0.717) is 17.2 Å². The average Bonchev–Trinajstić information content (AvgIpc) is 3.02. The topological polar surface area (TPSA) is 125 Å². The maximum atomic E-state index is 4.09. The van der Waals surface area contributed by atoms with Crippen molar-refractivity contribution in [2.24, 2.45) is 0 Å². The van der Waals surface area contributed by atoms with E-state index >= 15 is 0 Å². The van der Waals surface area contributed by atoms with Gasteiger partial charge in [-0.2, -0.15) is 15.3 Å². The summed E-state index contributed by atoms with van der Waals surface area (Å²) < 4.78 is 0. The molecule has 3 rings (SSSR count). The Balaban J connectivity index is 2.09. The van der Waals surface area contributed by atoms with E-state index in [1.807, 2.05) is 0 Å². The van der Waals surface area contributed by atoms with Gasteiger partial charge in [0.1, 0.15) is 36.2 Å². The summed E-state index contributed by atoms with van der Waals surface area (Å²) in [6.07, 6.45) is 4.28. The van der Waals surface area contributed by atoms with E-state index in [9.17, 15) is 0 Å². The fourth-order valence-corrected chi connectivity index (χ4v) is 1.45. The lowest BCUT2D eigenvalue weighted by atomic mass is 9.47. The third-order valence-corrected chi connectivity index (χ3v) is 2.12. The maximum Gasteiger partial charge on any atom is 0.379 e. The van der Waals surface area contributed by atoms with Gasteiger partial charge in [-0.25, -0.2) is 15.0 Å². The van der Waals surface area contributed by atoms with Crippen molar-refractivity contribution in [2.75, 3.05) is 0 Å². The van der Waals surface area contributed by atoms with Gasteiger partial charge in [0.25, 0.3) is 0 Å². The first-order valence-electron chi connectivity index (χ1n) is 4.51. The van der Waals surface area contributed by atoms with E-state index < -0.39 is 0 Å². The molecule has 0 aliphatic heterocycles. The van der Waals surface area contributed by atoms with Crippen LogP contribution < -0.4 is 17.2 Å². The highest BCUT2D eigenvalue weighted by atomic mass is 15.2. The molecule has 0 saturated carbocycles. The lowest BCUT2D eigenvalue weighted by Crippen LogP contribution is -2.57. The molecule has 0 bridgehead atoms. The fourth-order valence-electron chi connectivity index (χ4n) is 1.45. The standard InChI is InChI=1S/C6H6BN9/c1-8-4(14-11-1)7(5-9-2-12-15-5)6-10-3-13-16-6/h1-3H,(H,8,11,14)(H,9,12,15)(H,10,13,16). The number of nitrogens with zero attached hydrogens (tertiary/aromatic N) is 6. The van der Waals surface area contributed by atoms with Crippen molar-refractivity contribution < 1.29 is 0 Å². The highest BCUT2D eigenvalue weighted by molar-refractivity contribution is 6.92. The molecule has 0 amide bonds. The number of aromatic amines is 3. The van der Waals surface area contributed by atoms with Gasteiger partial charge in [0, 0.05) is 0 Å². The molecule has 3 aromatic rings. The van der Waals surface area contributed by atoms with Crippen LogP contribution in [0.1, 0.15) is 0 Å². The van der Waals surface area contributed by atoms with Crippen LogP contribution in [0.5, 0.6) is 0 Å². The van der Waals surface area contributed by atoms with Crippen LogP contribution in [0.4, 0.5) is 0 Å². The van der Waals surface area contributed by atoms with Crippen LogP contribution in [-0.4, -0.2) is 52.3 Å². The second-order valence-electron chi connectivity index (χ2n) is 3.05. The van der Waals surface area contributed by atoms with Gasteiger partial charge in [-0.05, 0) is 0 Å². The molecule has 9 nitrogen and oxygen atoms in total. The van der Waals surface area contributed by atoms with Gasteiger partial charge in [0.2, 0.25) is 0 Å². The molecule has 78 valence electrons. The van der Waals surface area contributed by atoms with E-state index in [2.05, 4.69) is 45.5 Å². The summed E-state index contributed by atoms with van der Waals surface area (Å²) in [5, 5.41) is 19.7. The molecule has 3 N–H and O–H groups in total. The Labute approximate surface area is 89.2 Å². The second-order valence-corrected chi connectivity index (χ2v) is 3.05. The lowest BCUT2D eigenvalue weighted by molar-refractivity contribution is 1.09. The number of hydrogen-bond donors (Lipinski definition) is 3. The zero-order valence-electron chi connectivity index (χ0n) is 7.99. The Hall–Kier alpha value is -2.52. The van der Waals surface area contributed by atoms with Crippen LogP contribution in [0, 0.1) is 0 Å². The summed E-state index contributed by atoms with van der Waals surface area (Å²) in [4.78, 5) is 12.3. The van der Waals surface area contributed by atoms with Crippen molar-refractivity contribution in [3.05, 3.63) is 19.0 Å². The Bertz CT molecular complexity index is 445. The predicted octanol–water partition coefficient (Wildman–Crippen LogP) is -3.44. The molecule has 3 aromatic heterocycles. The molecule has 0 unspecified atom stereocenters. The quantitative estimate of drug-likeness (QED) is 0.390. The van der Waals surface area contributed by atoms with Crippen LogP contribution in [0.2, 0.25) is 0 Å². The number of nitrogens with one attached hydrogen (secondary N) is 3. The minimum absolute atomic E-state index is 0.299. The Morgan fingerprint density at radius 1 is 0.688 bits per heavy atom. The van der Waals surface area contributed by atoms with Crippen molar-refractivity contribution >= 4 is 23.9 Å². The molecule has 0 aromatic carbocycles. The minimum Gasteiger partial charge on any atom is -0.271 e. The smallest absolute Gasteiger partial charge is 0.271 e. The monoisotopic (exact) mass is 215 g/mol. The number of rotatable bonds is 3. The third kappa shape index (κ3) is 1.36. The first kappa shape index (κ1) is 8.77. The van der Waals surface area contributed by atoms with Crippen molar-refractivity contribution in [1.82, 2.24) is 45.5 Å². The summed E-state index contributed by atoms with van der Waals surface area (Å²) in [5.41, 5.74) is 1.86. The minimum atomic E-state index is -0.299. The second kappa shape index (κ2) is 3.57. The molecule has 0 radical (unpaired) electrons. The van der Waals surface area contributed by atoms with Gasteiger partial charge >= 0.3 is 6.71 Å². The number of H-pyrrole nitrogens is 3. The molecule has 0 atom stereocenters. The van der Waals surface area contributed by atoms with Gasteiger partial charge in [-0.3, -0.25) is 15.3 Å². The molecule has 0 aliphatic rings. The van der Waals surface area contributed by atoms with Crippen molar-refractivity contribution in [3.8, 4) is 0 Å². The zero-order chi connectivity index (χ0) is 10.8. The molecule has 16 heavy (non-hydrogen) atoms. The van der Waals surface area contributed by atoms with E-state index in [-0.39, 0.29) is 6.71 Å². The SMILES string of the molecule is c1n[nH]c(B(c2ncn[nH]2)c2ncn[nH]2)n1. The van der Waals surface area contributed by atoms with E-state index in [1.165, 1.54) is 19.0 Å². The first-order chi connectivity index (χ1) is 7.95. The highest BCUT2D eigenvalue weighted by Crippen LogP contribution is 1.78. The molecule has 0 fully saturated rings. The van der Waals surface area contributed by atoms with Crippen molar-refractivity contribution in [1.29, 1.82) is 0 Å². The molecule has 0 saturated heterocycles. The van der Waals surface area contributed by atoms with E-state index in [0.717, 1.165) is 0 Å². The summed E-state index contributed by atoms with van der Waals surface area (Å²) in [7, 11) is 0. The predicted molar refractivity (Wildman–Crippen MR) is 53.8 cm³/mol. The molecule has 3 heterocycles. The number of hydrogen-bond acceptors (Lipinski definition) is 6. The number of aromatic nitrogens is 9. The summed E-state index contributed by atoms with van der Waals surface area (Å²) >= 11 is 0. The average molecular weight is 215 g/mol. The molecule has 0 spiro atoms. The van der Waals surface area contributed by atoms with E-state index in [4.69, 9.17) is 0 Å².